The Morgan fingerprint density at radius 3 is 2.76 bits per heavy atom. The second kappa shape index (κ2) is 7.75. The number of aliphatic carboxylic acids is 1. The summed E-state index contributed by atoms with van der Waals surface area (Å²) in [5, 5.41) is 18.6. The molecule has 4 rings (SSSR count). The van der Waals surface area contributed by atoms with Crippen molar-refractivity contribution in [1.29, 1.82) is 5.26 Å². The van der Waals surface area contributed by atoms with E-state index in [1.54, 1.807) is 0 Å². The van der Waals surface area contributed by atoms with Gasteiger partial charge in [-0.25, -0.2) is 4.79 Å². The average Bonchev–Trinajstić information content (AvgIpc) is 2.86. The normalized spacial score (nSPS) is 25.4. The topological polar surface area (TPSA) is 64.3 Å². The second-order valence-electron chi connectivity index (χ2n) is 8.16. The van der Waals surface area contributed by atoms with Crippen LogP contribution in [0.4, 0.5) is 5.69 Å². The molecule has 148 valence electrons. The van der Waals surface area contributed by atoms with Crippen molar-refractivity contribution in [2.45, 2.75) is 39.0 Å². The number of hydrogen-bond donors (Lipinski definition) is 1. The van der Waals surface area contributed by atoms with E-state index in [1.165, 1.54) is 28.1 Å². The molecule has 0 saturated carbocycles. The molecule has 1 aromatic carbocycles. The molecule has 0 fully saturated rings. The summed E-state index contributed by atoms with van der Waals surface area (Å²) in [7, 11) is 2.14. The largest absolute Gasteiger partial charge is 0.477 e. The lowest BCUT2D eigenvalue weighted by molar-refractivity contribution is -0.132. The van der Waals surface area contributed by atoms with E-state index in [2.05, 4.69) is 55.3 Å². The van der Waals surface area contributed by atoms with Crippen LogP contribution in [-0.2, 0) is 11.2 Å². The summed E-state index contributed by atoms with van der Waals surface area (Å²) < 4.78 is 0. The number of para-hydroxylation sites is 1. The van der Waals surface area contributed by atoms with E-state index in [1.807, 2.05) is 12.1 Å². The highest BCUT2D eigenvalue weighted by Crippen LogP contribution is 2.43. The Labute approximate surface area is 172 Å². The molecule has 2 unspecified atom stereocenters. The van der Waals surface area contributed by atoms with Gasteiger partial charge in [0.15, 0.2) is 0 Å². The van der Waals surface area contributed by atoms with Gasteiger partial charge in [0.05, 0.1) is 0 Å². The molecule has 1 heterocycles. The number of rotatable bonds is 2. The van der Waals surface area contributed by atoms with Gasteiger partial charge < -0.3 is 10.0 Å². The standard InChI is InChI=1S/C25H26N2O2/c1-16-20(18-7-5-8-19(14-18)22(15-26)25(28)29)12-13-24-21(16)11-10-17-6-3-4-9-23(17)27(24)2/h3-4,6,9,12-14,16,20H,5,7-8,10-11H2,1-2H3,(H,28,29)/b22-19-. The number of likely N-dealkylation sites (N-methyl/N-ethyl adjacent to an activating group) is 1. The first-order valence-electron chi connectivity index (χ1n) is 10.3. The molecule has 29 heavy (non-hydrogen) atoms. The molecule has 4 nitrogen and oxygen atoms in total. The van der Waals surface area contributed by atoms with E-state index in [4.69, 9.17) is 0 Å². The minimum atomic E-state index is -1.12. The smallest absolute Gasteiger partial charge is 0.346 e. The van der Waals surface area contributed by atoms with E-state index in [-0.39, 0.29) is 11.5 Å². The van der Waals surface area contributed by atoms with Gasteiger partial charge in [-0.2, -0.15) is 5.26 Å². The molecule has 0 bridgehead atoms. The third-order valence-corrected chi connectivity index (χ3v) is 6.60. The summed E-state index contributed by atoms with van der Waals surface area (Å²) in [6.07, 6.45) is 11.1. The summed E-state index contributed by atoms with van der Waals surface area (Å²) in [4.78, 5) is 13.7. The maximum atomic E-state index is 11.4. The van der Waals surface area contributed by atoms with Gasteiger partial charge in [0.25, 0.3) is 0 Å². The molecule has 0 radical (unpaired) electrons. The zero-order chi connectivity index (χ0) is 20.5. The van der Waals surface area contributed by atoms with E-state index in [0.717, 1.165) is 25.7 Å². The molecule has 4 heteroatoms. The maximum Gasteiger partial charge on any atom is 0.346 e. The number of hydrogen-bond acceptors (Lipinski definition) is 3. The quantitative estimate of drug-likeness (QED) is 0.563. The summed E-state index contributed by atoms with van der Waals surface area (Å²) in [6, 6.07) is 10.5. The van der Waals surface area contributed by atoms with E-state index in [9.17, 15) is 15.2 Å². The Hall–Kier alpha value is -3.06. The Bertz CT molecular complexity index is 1020. The van der Waals surface area contributed by atoms with Crippen molar-refractivity contribution in [2.75, 3.05) is 11.9 Å². The molecule has 2 atom stereocenters. The van der Waals surface area contributed by atoms with Crippen molar-refractivity contribution in [2.24, 2.45) is 11.8 Å². The number of nitriles is 1. The number of aryl methyl sites for hydroxylation is 1. The molecule has 2 aliphatic carbocycles. The van der Waals surface area contributed by atoms with E-state index in [0.29, 0.717) is 17.9 Å². The zero-order valence-electron chi connectivity index (χ0n) is 17.0. The van der Waals surface area contributed by atoms with Crippen LogP contribution in [0.25, 0.3) is 0 Å². The molecule has 1 aromatic rings. The lowest BCUT2D eigenvalue weighted by Gasteiger charge is -2.34. The summed E-state index contributed by atoms with van der Waals surface area (Å²) in [5.41, 5.74) is 7.21. The first-order chi connectivity index (χ1) is 14.0. The molecular formula is C25H26N2O2. The number of carboxylic acids is 1. The van der Waals surface area contributed by atoms with E-state index < -0.39 is 5.97 Å². The van der Waals surface area contributed by atoms with Gasteiger partial charge in [-0.15, -0.1) is 0 Å². The highest BCUT2D eigenvalue weighted by atomic mass is 16.4. The van der Waals surface area contributed by atoms with Gasteiger partial charge >= 0.3 is 5.97 Å². The average molecular weight is 386 g/mol. The van der Waals surface area contributed by atoms with Crippen molar-refractivity contribution in [3.63, 3.8) is 0 Å². The van der Waals surface area contributed by atoms with Crippen molar-refractivity contribution in [1.82, 2.24) is 0 Å². The molecule has 0 amide bonds. The number of benzene rings is 1. The van der Waals surface area contributed by atoms with Crippen molar-refractivity contribution in [3.05, 3.63) is 76.0 Å². The van der Waals surface area contributed by atoms with E-state index >= 15 is 0 Å². The highest BCUT2D eigenvalue weighted by Gasteiger charge is 2.31. The minimum Gasteiger partial charge on any atom is -0.477 e. The summed E-state index contributed by atoms with van der Waals surface area (Å²) in [6.45, 7) is 2.29. The SMILES string of the molecule is CC1C2=C(C=CC1C1=C/C(=C(/C#N)C(=O)O)CCC1)N(C)c1ccccc1CC2. The highest BCUT2D eigenvalue weighted by molar-refractivity contribution is 5.92. The van der Waals surface area contributed by atoms with Crippen molar-refractivity contribution < 1.29 is 9.90 Å². The molecular weight excluding hydrogens is 360 g/mol. The minimum absolute atomic E-state index is 0.112. The number of anilines is 1. The predicted octanol–water partition coefficient (Wildman–Crippen LogP) is 5.16. The van der Waals surface area contributed by atoms with Crippen molar-refractivity contribution >= 4 is 11.7 Å². The lowest BCUT2D eigenvalue weighted by Crippen LogP contribution is -2.25. The number of allylic oxidation sites excluding steroid dienone is 6. The van der Waals surface area contributed by atoms with Crippen LogP contribution in [0, 0.1) is 23.2 Å². The fourth-order valence-electron chi connectivity index (χ4n) is 5.06. The van der Waals surface area contributed by atoms with Crippen LogP contribution < -0.4 is 4.90 Å². The van der Waals surface area contributed by atoms with Gasteiger partial charge in [0.2, 0.25) is 0 Å². The molecule has 0 saturated heterocycles. The predicted molar refractivity (Wildman–Crippen MR) is 114 cm³/mol. The van der Waals surface area contributed by atoms with Crippen LogP contribution in [0.3, 0.4) is 0 Å². The fourth-order valence-corrected chi connectivity index (χ4v) is 5.06. The molecule has 0 spiro atoms. The van der Waals surface area contributed by atoms with Crippen LogP contribution in [-0.4, -0.2) is 18.1 Å². The first-order valence-corrected chi connectivity index (χ1v) is 10.3. The van der Waals surface area contributed by atoms with Gasteiger partial charge in [0, 0.05) is 24.4 Å². The fraction of sp³-hybridized carbons (Fsp3) is 0.360. The Balaban J connectivity index is 1.68. The van der Waals surface area contributed by atoms with Crippen LogP contribution in [0.5, 0.6) is 0 Å². The monoisotopic (exact) mass is 386 g/mol. The number of nitrogens with zero attached hydrogens (tertiary/aromatic N) is 2. The maximum absolute atomic E-state index is 11.4. The second-order valence-corrected chi connectivity index (χ2v) is 8.16. The Morgan fingerprint density at radius 1 is 1.21 bits per heavy atom. The lowest BCUT2D eigenvalue weighted by atomic mass is 9.73. The van der Waals surface area contributed by atoms with Crippen molar-refractivity contribution in [3.8, 4) is 6.07 Å². The zero-order valence-corrected chi connectivity index (χ0v) is 17.0. The molecule has 0 aromatic heterocycles. The third kappa shape index (κ3) is 3.42. The number of carbonyl (C=O) groups is 1. The Kier molecular flexibility index (Phi) is 5.15. The van der Waals surface area contributed by atoms with Gasteiger partial charge in [-0.1, -0.05) is 42.8 Å². The first kappa shape index (κ1) is 19.3. The van der Waals surface area contributed by atoms with Gasteiger partial charge in [-0.05, 0) is 66.9 Å². The van der Waals surface area contributed by atoms with Crippen LogP contribution in [0.1, 0.15) is 38.2 Å². The molecule has 1 N–H and O–H groups in total. The van der Waals surface area contributed by atoms with Crippen LogP contribution >= 0.6 is 0 Å². The summed E-state index contributed by atoms with van der Waals surface area (Å²) in [5.74, 6) is -0.513. The summed E-state index contributed by atoms with van der Waals surface area (Å²) >= 11 is 0. The number of carboxylic acid groups (broad SMARTS) is 1. The van der Waals surface area contributed by atoms with Crippen LogP contribution in [0.15, 0.2) is 70.5 Å². The third-order valence-electron chi connectivity index (χ3n) is 6.60. The van der Waals surface area contributed by atoms with Gasteiger partial charge in [-0.3, -0.25) is 0 Å². The molecule has 3 aliphatic rings. The van der Waals surface area contributed by atoms with Gasteiger partial charge in [0.1, 0.15) is 11.6 Å². The Morgan fingerprint density at radius 2 is 2.00 bits per heavy atom. The number of fused-ring (bicyclic) bond motifs is 1. The molecule has 1 aliphatic heterocycles. The van der Waals surface area contributed by atoms with Crippen LogP contribution in [0.2, 0.25) is 0 Å².